The lowest BCUT2D eigenvalue weighted by Gasteiger charge is -2.10. The number of thioether (sulfide) groups is 1. The summed E-state index contributed by atoms with van der Waals surface area (Å²) in [6.45, 7) is 1.93. The average Bonchev–Trinajstić information content (AvgIpc) is 2.35. The highest BCUT2D eigenvalue weighted by molar-refractivity contribution is 7.99. The fraction of sp³-hybridized carbons (Fsp3) is 0.385. The Kier molecular flexibility index (Phi) is 6.21. The first-order valence-electron chi connectivity index (χ1n) is 5.77. The van der Waals surface area contributed by atoms with Crippen LogP contribution in [-0.4, -0.2) is 35.6 Å². The number of nitrogens with one attached hydrogen (secondary N) is 1. The number of amides is 1. The number of hydrogen-bond acceptors (Lipinski definition) is 4. The van der Waals surface area contributed by atoms with E-state index >= 15 is 0 Å². The third-order valence-electron chi connectivity index (χ3n) is 2.32. The normalized spacial score (nSPS) is 10.0. The molecule has 0 saturated heterocycles. The second-order valence-electron chi connectivity index (χ2n) is 3.95. The lowest BCUT2D eigenvalue weighted by atomic mass is 10.2. The minimum Gasteiger partial charge on any atom is -0.495 e. The van der Waals surface area contributed by atoms with Crippen molar-refractivity contribution in [3.8, 4) is 5.75 Å². The molecule has 0 aliphatic carbocycles. The lowest BCUT2D eigenvalue weighted by molar-refractivity contribution is -0.136. The number of carboxylic acid groups (broad SMARTS) is 1. The summed E-state index contributed by atoms with van der Waals surface area (Å²) in [5, 5.41) is 11.2. The van der Waals surface area contributed by atoms with Crippen molar-refractivity contribution in [2.45, 2.75) is 13.3 Å². The monoisotopic (exact) mass is 283 g/mol. The molecule has 0 aromatic heterocycles. The predicted molar refractivity (Wildman–Crippen MR) is 75.9 cm³/mol. The Morgan fingerprint density at radius 2 is 2.16 bits per heavy atom. The molecule has 0 aliphatic rings. The average molecular weight is 283 g/mol. The van der Waals surface area contributed by atoms with Gasteiger partial charge in [0, 0.05) is 5.75 Å². The van der Waals surface area contributed by atoms with Crippen LogP contribution in [0, 0.1) is 6.92 Å². The molecule has 0 spiro atoms. The Morgan fingerprint density at radius 1 is 1.42 bits per heavy atom. The number of carbonyl (C=O) groups is 2. The van der Waals surface area contributed by atoms with Crippen molar-refractivity contribution in [3.63, 3.8) is 0 Å². The molecule has 6 heteroatoms. The molecule has 0 unspecified atom stereocenters. The highest BCUT2D eigenvalue weighted by Gasteiger charge is 2.08. The maximum atomic E-state index is 11.7. The summed E-state index contributed by atoms with van der Waals surface area (Å²) >= 11 is 1.29. The van der Waals surface area contributed by atoms with Crippen molar-refractivity contribution in [3.05, 3.63) is 23.8 Å². The topological polar surface area (TPSA) is 75.6 Å². The third kappa shape index (κ3) is 5.65. The van der Waals surface area contributed by atoms with Gasteiger partial charge in [0.15, 0.2) is 0 Å². The van der Waals surface area contributed by atoms with E-state index in [1.807, 2.05) is 19.1 Å². The molecule has 0 bridgehead atoms. The number of methoxy groups -OCH3 is 1. The minimum absolute atomic E-state index is 0.0612. The van der Waals surface area contributed by atoms with Gasteiger partial charge < -0.3 is 15.2 Å². The summed E-state index contributed by atoms with van der Waals surface area (Å²) in [5.74, 6) is 0.236. The quantitative estimate of drug-likeness (QED) is 0.750. The molecular formula is C13H17NO4S. The molecule has 0 atom stereocenters. The van der Waals surface area contributed by atoms with Gasteiger partial charge in [0.1, 0.15) is 5.75 Å². The van der Waals surface area contributed by atoms with E-state index in [2.05, 4.69) is 5.32 Å². The fourth-order valence-corrected chi connectivity index (χ4v) is 2.15. The van der Waals surface area contributed by atoms with E-state index in [0.29, 0.717) is 17.2 Å². The second kappa shape index (κ2) is 7.68. The van der Waals surface area contributed by atoms with Gasteiger partial charge in [-0.1, -0.05) is 6.07 Å². The maximum absolute atomic E-state index is 11.7. The van der Waals surface area contributed by atoms with Crippen LogP contribution in [-0.2, 0) is 9.59 Å². The van der Waals surface area contributed by atoms with Gasteiger partial charge in [-0.15, -0.1) is 0 Å². The molecule has 1 amide bonds. The van der Waals surface area contributed by atoms with Crippen LogP contribution in [0.3, 0.4) is 0 Å². The molecule has 5 nitrogen and oxygen atoms in total. The molecule has 1 aromatic carbocycles. The van der Waals surface area contributed by atoms with Crippen molar-refractivity contribution in [2.24, 2.45) is 0 Å². The van der Waals surface area contributed by atoms with Crippen molar-refractivity contribution < 1.29 is 19.4 Å². The first-order valence-corrected chi connectivity index (χ1v) is 6.92. The Labute approximate surface area is 116 Å². The number of aryl methyl sites for hydroxylation is 1. The highest BCUT2D eigenvalue weighted by atomic mass is 32.2. The Morgan fingerprint density at radius 3 is 2.79 bits per heavy atom. The van der Waals surface area contributed by atoms with E-state index in [1.165, 1.54) is 11.8 Å². The van der Waals surface area contributed by atoms with Gasteiger partial charge >= 0.3 is 5.97 Å². The van der Waals surface area contributed by atoms with Crippen molar-refractivity contribution in [1.82, 2.24) is 0 Å². The summed E-state index contributed by atoms with van der Waals surface area (Å²) in [7, 11) is 1.54. The molecule has 0 radical (unpaired) electrons. The van der Waals surface area contributed by atoms with Crippen molar-refractivity contribution >= 4 is 29.3 Å². The summed E-state index contributed by atoms with van der Waals surface area (Å²) < 4.78 is 5.16. The minimum atomic E-state index is -0.853. The smallest absolute Gasteiger partial charge is 0.304 e. The molecule has 1 aromatic rings. The van der Waals surface area contributed by atoms with Crippen LogP contribution in [0.4, 0.5) is 5.69 Å². The second-order valence-corrected chi connectivity index (χ2v) is 5.05. The van der Waals surface area contributed by atoms with Crippen LogP contribution < -0.4 is 10.1 Å². The van der Waals surface area contributed by atoms with Gasteiger partial charge in [0.25, 0.3) is 0 Å². The first-order chi connectivity index (χ1) is 9.02. The number of rotatable bonds is 7. The predicted octanol–water partition coefficient (Wildman–Crippen LogP) is 2.15. The zero-order valence-electron chi connectivity index (χ0n) is 10.9. The van der Waals surface area contributed by atoms with Crippen LogP contribution in [0.25, 0.3) is 0 Å². The Bertz CT molecular complexity index is 462. The third-order valence-corrected chi connectivity index (χ3v) is 3.28. The van der Waals surface area contributed by atoms with E-state index in [1.54, 1.807) is 13.2 Å². The molecule has 2 N–H and O–H groups in total. The summed E-state index contributed by atoms with van der Waals surface area (Å²) in [6.07, 6.45) is 0.0612. The van der Waals surface area contributed by atoms with E-state index < -0.39 is 5.97 Å². The van der Waals surface area contributed by atoms with Gasteiger partial charge in [-0.05, 0) is 24.6 Å². The number of carbonyl (C=O) groups excluding carboxylic acids is 1. The zero-order valence-corrected chi connectivity index (χ0v) is 11.8. The number of hydrogen-bond donors (Lipinski definition) is 2. The summed E-state index contributed by atoms with van der Waals surface area (Å²) in [5.41, 5.74) is 1.65. The number of benzene rings is 1. The largest absolute Gasteiger partial charge is 0.495 e. The molecule has 104 valence electrons. The van der Waals surface area contributed by atoms with Crippen LogP contribution in [0.1, 0.15) is 12.0 Å². The molecule has 0 aliphatic heterocycles. The number of ether oxygens (including phenoxy) is 1. The summed E-state index contributed by atoms with van der Waals surface area (Å²) in [6, 6.07) is 5.53. The standard InChI is InChI=1S/C13H17NO4S/c1-9-3-4-11(18-2)10(7-9)14-12(15)8-19-6-5-13(16)17/h3-4,7H,5-6,8H2,1-2H3,(H,14,15)(H,16,17). The van der Waals surface area contributed by atoms with Crippen LogP contribution >= 0.6 is 11.8 Å². The van der Waals surface area contributed by atoms with Crippen molar-refractivity contribution in [1.29, 1.82) is 0 Å². The van der Waals surface area contributed by atoms with E-state index in [0.717, 1.165) is 5.56 Å². The lowest BCUT2D eigenvalue weighted by Crippen LogP contribution is -2.15. The zero-order chi connectivity index (χ0) is 14.3. The van der Waals surface area contributed by atoms with Gasteiger partial charge in [0.2, 0.25) is 5.91 Å². The maximum Gasteiger partial charge on any atom is 0.304 e. The van der Waals surface area contributed by atoms with Gasteiger partial charge in [-0.25, -0.2) is 0 Å². The first kappa shape index (κ1) is 15.4. The SMILES string of the molecule is COc1ccc(C)cc1NC(=O)CSCCC(=O)O. The van der Waals surface area contributed by atoms with E-state index in [-0.39, 0.29) is 18.1 Å². The number of aliphatic carboxylic acids is 1. The van der Waals surface area contributed by atoms with Crippen LogP contribution in [0.5, 0.6) is 5.75 Å². The van der Waals surface area contributed by atoms with Gasteiger partial charge in [0.05, 0.1) is 25.0 Å². The molecule has 0 saturated carbocycles. The Hall–Kier alpha value is -1.69. The summed E-state index contributed by atoms with van der Waals surface area (Å²) in [4.78, 5) is 22.0. The van der Waals surface area contributed by atoms with Crippen LogP contribution in [0.15, 0.2) is 18.2 Å². The number of anilines is 1. The molecule has 1 rings (SSSR count). The van der Waals surface area contributed by atoms with Crippen LogP contribution in [0.2, 0.25) is 0 Å². The number of carboxylic acids is 1. The molecule has 19 heavy (non-hydrogen) atoms. The fourth-order valence-electron chi connectivity index (χ4n) is 1.43. The van der Waals surface area contributed by atoms with E-state index in [9.17, 15) is 9.59 Å². The van der Waals surface area contributed by atoms with Crippen molar-refractivity contribution in [2.75, 3.05) is 23.9 Å². The Balaban J connectivity index is 2.47. The van der Waals surface area contributed by atoms with Gasteiger partial charge in [-0.2, -0.15) is 11.8 Å². The molecular weight excluding hydrogens is 266 g/mol. The molecule has 0 heterocycles. The highest BCUT2D eigenvalue weighted by Crippen LogP contribution is 2.25. The van der Waals surface area contributed by atoms with E-state index in [4.69, 9.17) is 9.84 Å². The molecule has 0 fully saturated rings. The van der Waals surface area contributed by atoms with Gasteiger partial charge in [-0.3, -0.25) is 9.59 Å².